The number of benzene rings is 1. The van der Waals surface area contributed by atoms with Crippen LogP contribution in [0.3, 0.4) is 0 Å². The zero-order valence-electron chi connectivity index (χ0n) is 10.9. The first-order valence-corrected chi connectivity index (χ1v) is 7.46. The van der Waals surface area contributed by atoms with Crippen LogP contribution in [0.25, 0.3) is 11.4 Å². The van der Waals surface area contributed by atoms with Crippen molar-refractivity contribution in [3.63, 3.8) is 0 Å². The minimum atomic E-state index is -0.534. The highest BCUT2D eigenvalue weighted by Gasteiger charge is 2.35. The first-order chi connectivity index (χ1) is 9.57. The molecule has 4 nitrogen and oxygen atoms in total. The van der Waals surface area contributed by atoms with Gasteiger partial charge in [0.05, 0.1) is 5.54 Å². The summed E-state index contributed by atoms with van der Waals surface area (Å²) < 4.78 is 19.4. The Morgan fingerprint density at radius 2 is 1.95 bits per heavy atom. The van der Waals surface area contributed by atoms with Crippen LogP contribution in [0, 0.1) is 5.82 Å². The van der Waals surface area contributed by atoms with E-state index in [0.717, 1.165) is 25.7 Å². The summed E-state index contributed by atoms with van der Waals surface area (Å²) in [5.74, 6) is 0.476. The molecule has 106 valence electrons. The summed E-state index contributed by atoms with van der Waals surface area (Å²) in [5.41, 5.74) is 6.39. The minimum absolute atomic E-state index is 0.346. The molecule has 3 rings (SSSR count). The van der Waals surface area contributed by atoms with E-state index in [4.69, 9.17) is 10.3 Å². The van der Waals surface area contributed by atoms with Gasteiger partial charge in [0, 0.05) is 10.0 Å². The molecule has 1 saturated carbocycles. The average Bonchev–Trinajstić information content (AvgIpc) is 2.89. The Balaban J connectivity index is 1.93. The Labute approximate surface area is 124 Å². The van der Waals surface area contributed by atoms with E-state index in [-0.39, 0.29) is 5.82 Å². The molecule has 1 aliphatic rings. The van der Waals surface area contributed by atoms with Gasteiger partial charge in [-0.15, -0.1) is 0 Å². The molecule has 2 N–H and O–H groups in total. The zero-order valence-corrected chi connectivity index (χ0v) is 12.5. The molecule has 0 unspecified atom stereocenters. The standard InChI is InChI=1S/C14H15BrFN3O/c15-10-6-9(7-11(16)8-10)12-18-13(20-19-12)14(17)4-2-1-3-5-14/h6-8H,1-5,17H2. The Hall–Kier alpha value is -1.27. The van der Waals surface area contributed by atoms with E-state index in [1.165, 1.54) is 18.6 Å². The number of halogens is 2. The number of nitrogens with zero attached hydrogens (tertiary/aromatic N) is 2. The SMILES string of the molecule is NC1(c2nc(-c3cc(F)cc(Br)c3)no2)CCCCC1. The van der Waals surface area contributed by atoms with Gasteiger partial charge in [0.15, 0.2) is 0 Å². The Morgan fingerprint density at radius 1 is 1.20 bits per heavy atom. The van der Waals surface area contributed by atoms with Crippen molar-refractivity contribution in [2.45, 2.75) is 37.6 Å². The fourth-order valence-electron chi connectivity index (χ4n) is 2.62. The third-order valence-corrected chi connectivity index (χ3v) is 4.18. The Kier molecular flexibility index (Phi) is 3.60. The van der Waals surface area contributed by atoms with E-state index in [9.17, 15) is 4.39 Å². The van der Waals surface area contributed by atoms with Gasteiger partial charge < -0.3 is 10.3 Å². The fraction of sp³-hybridized carbons (Fsp3) is 0.429. The number of nitrogens with two attached hydrogens (primary N) is 1. The highest BCUT2D eigenvalue weighted by atomic mass is 79.9. The largest absolute Gasteiger partial charge is 0.337 e. The van der Waals surface area contributed by atoms with E-state index in [1.54, 1.807) is 6.07 Å². The van der Waals surface area contributed by atoms with Crippen LogP contribution >= 0.6 is 15.9 Å². The second kappa shape index (κ2) is 5.26. The molecule has 6 heteroatoms. The van der Waals surface area contributed by atoms with Gasteiger partial charge >= 0.3 is 0 Å². The van der Waals surface area contributed by atoms with Crippen LogP contribution in [0.1, 0.15) is 38.0 Å². The number of hydrogen-bond acceptors (Lipinski definition) is 4. The lowest BCUT2D eigenvalue weighted by atomic mass is 9.82. The number of rotatable bonds is 2. The van der Waals surface area contributed by atoms with Crippen LogP contribution in [0.15, 0.2) is 27.2 Å². The molecule has 1 aromatic heterocycles. The predicted octanol–water partition coefficient (Wildman–Crippen LogP) is 3.76. The molecule has 1 fully saturated rings. The van der Waals surface area contributed by atoms with Gasteiger partial charge in [0.2, 0.25) is 11.7 Å². The molecular formula is C14H15BrFN3O. The molecule has 0 atom stereocenters. The van der Waals surface area contributed by atoms with Crippen molar-refractivity contribution in [3.8, 4) is 11.4 Å². The highest BCUT2D eigenvalue weighted by molar-refractivity contribution is 9.10. The molecule has 0 amide bonds. The third-order valence-electron chi connectivity index (χ3n) is 3.72. The second-order valence-electron chi connectivity index (χ2n) is 5.30. The molecule has 20 heavy (non-hydrogen) atoms. The molecule has 0 radical (unpaired) electrons. The predicted molar refractivity (Wildman–Crippen MR) is 76.3 cm³/mol. The third kappa shape index (κ3) is 2.62. The fourth-order valence-corrected chi connectivity index (χ4v) is 3.09. The van der Waals surface area contributed by atoms with Gasteiger partial charge in [-0.25, -0.2) is 4.39 Å². The molecule has 1 aliphatic carbocycles. The van der Waals surface area contributed by atoms with Crippen molar-refractivity contribution in [3.05, 3.63) is 34.4 Å². The van der Waals surface area contributed by atoms with Crippen molar-refractivity contribution < 1.29 is 8.91 Å². The van der Waals surface area contributed by atoms with E-state index in [1.807, 2.05) is 0 Å². The highest BCUT2D eigenvalue weighted by Crippen LogP contribution is 2.34. The lowest BCUT2D eigenvalue weighted by molar-refractivity contribution is 0.220. The molecule has 1 aromatic carbocycles. The van der Waals surface area contributed by atoms with E-state index in [2.05, 4.69) is 26.1 Å². The lowest BCUT2D eigenvalue weighted by Gasteiger charge is -2.29. The van der Waals surface area contributed by atoms with Crippen LogP contribution in [0.4, 0.5) is 4.39 Å². The molecule has 1 heterocycles. The summed E-state index contributed by atoms with van der Waals surface area (Å²) in [6, 6.07) is 4.52. The summed E-state index contributed by atoms with van der Waals surface area (Å²) in [6.45, 7) is 0. The lowest BCUT2D eigenvalue weighted by Crippen LogP contribution is -2.38. The number of aromatic nitrogens is 2. The summed E-state index contributed by atoms with van der Waals surface area (Å²) in [4.78, 5) is 4.37. The van der Waals surface area contributed by atoms with Crippen molar-refractivity contribution >= 4 is 15.9 Å². The Morgan fingerprint density at radius 3 is 2.65 bits per heavy atom. The molecule has 0 saturated heterocycles. The van der Waals surface area contributed by atoms with Crippen molar-refractivity contribution in [2.75, 3.05) is 0 Å². The summed E-state index contributed by atoms with van der Waals surface area (Å²) >= 11 is 3.25. The number of hydrogen-bond donors (Lipinski definition) is 1. The van der Waals surface area contributed by atoms with Crippen LogP contribution in [-0.2, 0) is 5.54 Å². The van der Waals surface area contributed by atoms with Gasteiger partial charge in [-0.05, 0) is 31.0 Å². The molecular weight excluding hydrogens is 325 g/mol. The van der Waals surface area contributed by atoms with Gasteiger partial charge in [-0.1, -0.05) is 40.3 Å². The van der Waals surface area contributed by atoms with Crippen molar-refractivity contribution in [1.29, 1.82) is 0 Å². The smallest absolute Gasteiger partial charge is 0.247 e. The van der Waals surface area contributed by atoms with Gasteiger partial charge in [0.1, 0.15) is 5.82 Å². The minimum Gasteiger partial charge on any atom is -0.337 e. The molecule has 0 spiro atoms. The first kappa shape index (κ1) is 13.7. The van der Waals surface area contributed by atoms with E-state index in [0.29, 0.717) is 21.8 Å². The van der Waals surface area contributed by atoms with Crippen molar-refractivity contribution in [1.82, 2.24) is 10.1 Å². The first-order valence-electron chi connectivity index (χ1n) is 6.66. The maximum absolute atomic E-state index is 13.4. The molecule has 0 aliphatic heterocycles. The maximum Gasteiger partial charge on any atom is 0.247 e. The van der Waals surface area contributed by atoms with Crippen LogP contribution in [-0.4, -0.2) is 10.1 Å². The summed E-state index contributed by atoms with van der Waals surface area (Å²) in [6.07, 6.45) is 5.03. The molecule has 2 aromatic rings. The zero-order chi connectivity index (χ0) is 14.2. The summed E-state index contributed by atoms with van der Waals surface area (Å²) in [5, 5.41) is 3.94. The molecule has 0 bridgehead atoms. The van der Waals surface area contributed by atoms with Crippen LogP contribution in [0.2, 0.25) is 0 Å². The second-order valence-corrected chi connectivity index (χ2v) is 6.21. The van der Waals surface area contributed by atoms with Crippen LogP contribution < -0.4 is 5.73 Å². The van der Waals surface area contributed by atoms with Gasteiger partial charge in [-0.3, -0.25) is 0 Å². The van der Waals surface area contributed by atoms with E-state index >= 15 is 0 Å². The van der Waals surface area contributed by atoms with Crippen LogP contribution in [0.5, 0.6) is 0 Å². The quantitative estimate of drug-likeness (QED) is 0.904. The summed E-state index contributed by atoms with van der Waals surface area (Å²) in [7, 11) is 0. The average molecular weight is 340 g/mol. The Bertz CT molecular complexity index is 602. The van der Waals surface area contributed by atoms with Crippen molar-refractivity contribution in [2.24, 2.45) is 5.73 Å². The monoisotopic (exact) mass is 339 g/mol. The van der Waals surface area contributed by atoms with Gasteiger partial charge in [-0.2, -0.15) is 4.98 Å². The van der Waals surface area contributed by atoms with Gasteiger partial charge in [0.25, 0.3) is 0 Å². The topological polar surface area (TPSA) is 64.9 Å². The maximum atomic E-state index is 13.4. The normalized spacial score (nSPS) is 18.1. The van der Waals surface area contributed by atoms with E-state index < -0.39 is 5.54 Å².